The van der Waals surface area contributed by atoms with E-state index in [2.05, 4.69) is 99.5 Å². The highest BCUT2D eigenvalue weighted by Gasteiger charge is 2.24. The molecule has 1 aliphatic rings. The lowest BCUT2D eigenvalue weighted by molar-refractivity contribution is 0.488. The van der Waals surface area contributed by atoms with E-state index >= 15 is 0 Å². The first-order valence-corrected chi connectivity index (χ1v) is 12.0. The predicted octanol–water partition coefficient (Wildman–Crippen LogP) is 7.03. The summed E-state index contributed by atoms with van der Waals surface area (Å²) in [6, 6.07) is 9.03. The van der Waals surface area contributed by atoms with Crippen LogP contribution in [-0.2, 0) is 0 Å². The van der Waals surface area contributed by atoms with Crippen LogP contribution in [0, 0.1) is 31.1 Å². The molecule has 0 spiro atoms. The van der Waals surface area contributed by atoms with Gasteiger partial charge < -0.3 is 4.90 Å². The number of anilines is 1. The second-order valence-corrected chi connectivity index (χ2v) is 10.3. The molecule has 0 radical (unpaired) electrons. The van der Waals surface area contributed by atoms with Crippen molar-refractivity contribution in [2.24, 2.45) is 5.92 Å². The van der Waals surface area contributed by atoms with E-state index in [9.17, 15) is 5.26 Å². The number of piperidine rings is 1. The molecule has 0 atom stereocenters. The van der Waals surface area contributed by atoms with Gasteiger partial charge in [-0.2, -0.15) is 5.26 Å². The Morgan fingerprint density at radius 2 is 1.73 bits per heavy atom. The van der Waals surface area contributed by atoms with Crippen LogP contribution >= 0.6 is 31.9 Å². The molecule has 1 aromatic carbocycles. The first kappa shape index (κ1) is 21.4. The van der Waals surface area contributed by atoms with Crippen molar-refractivity contribution in [2.45, 2.75) is 46.5 Å². The number of halogens is 2. The summed E-state index contributed by atoms with van der Waals surface area (Å²) in [5.74, 6) is 0.634. The number of benzene rings is 1. The summed E-state index contributed by atoms with van der Waals surface area (Å²) in [6.07, 6.45) is 4.03. The molecule has 3 heterocycles. The molecule has 0 N–H and O–H groups in total. The highest BCUT2D eigenvalue weighted by Crippen LogP contribution is 2.39. The molecule has 1 saturated heterocycles. The predicted molar refractivity (Wildman–Crippen MR) is 131 cm³/mol. The van der Waals surface area contributed by atoms with Crippen molar-refractivity contribution < 1.29 is 0 Å². The minimum Gasteiger partial charge on any atom is -0.371 e. The molecule has 4 rings (SSSR count). The summed E-state index contributed by atoms with van der Waals surface area (Å²) < 4.78 is 4.30. The average molecular weight is 530 g/mol. The van der Waals surface area contributed by atoms with E-state index in [1.54, 1.807) is 0 Å². The Morgan fingerprint density at radius 1 is 1.10 bits per heavy atom. The number of aryl methyl sites for hydroxylation is 2. The molecule has 4 nitrogen and oxygen atoms in total. The fourth-order valence-corrected chi connectivity index (χ4v) is 5.93. The maximum absolute atomic E-state index is 9.25. The van der Waals surface area contributed by atoms with E-state index in [1.165, 1.54) is 22.2 Å². The monoisotopic (exact) mass is 528 g/mol. The standard InChI is InChI=1S/C24H26Br2N4/c1-14(2)18-10-19(25)23(20(26)11-18)30-13-15(3)22-21(9-16(4)28-24(22)30)29-7-5-17(12-27)6-8-29/h9-11,13-14,17H,5-8H2,1-4H3. The third kappa shape index (κ3) is 3.78. The Kier molecular flexibility index (Phi) is 5.96. The van der Waals surface area contributed by atoms with E-state index in [0.717, 1.165) is 51.9 Å². The van der Waals surface area contributed by atoms with Crippen LogP contribution in [0.25, 0.3) is 16.7 Å². The van der Waals surface area contributed by atoms with Gasteiger partial charge in [-0.15, -0.1) is 0 Å². The third-order valence-electron chi connectivity index (χ3n) is 6.02. The highest BCUT2D eigenvalue weighted by molar-refractivity contribution is 9.11. The van der Waals surface area contributed by atoms with Crippen molar-refractivity contribution in [1.82, 2.24) is 9.55 Å². The maximum atomic E-state index is 9.25. The van der Waals surface area contributed by atoms with Gasteiger partial charge in [0.05, 0.1) is 11.8 Å². The Bertz CT molecular complexity index is 1130. The molecule has 0 saturated carbocycles. The topological polar surface area (TPSA) is 44.9 Å². The molecule has 0 aliphatic carbocycles. The number of pyridine rings is 1. The van der Waals surface area contributed by atoms with Crippen LogP contribution in [0.4, 0.5) is 5.69 Å². The lowest BCUT2D eigenvalue weighted by atomic mass is 9.97. The van der Waals surface area contributed by atoms with Crippen molar-refractivity contribution in [2.75, 3.05) is 18.0 Å². The van der Waals surface area contributed by atoms with E-state index in [0.29, 0.717) is 5.92 Å². The fraction of sp³-hybridized carbons (Fsp3) is 0.417. The van der Waals surface area contributed by atoms with Crippen LogP contribution in [0.15, 0.2) is 33.3 Å². The van der Waals surface area contributed by atoms with Gasteiger partial charge in [-0.25, -0.2) is 4.98 Å². The normalized spacial score (nSPS) is 15.2. The van der Waals surface area contributed by atoms with Gasteiger partial charge in [0.2, 0.25) is 0 Å². The number of hydrogen-bond donors (Lipinski definition) is 0. The number of nitriles is 1. The van der Waals surface area contributed by atoms with Crippen molar-refractivity contribution in [3.8, 4) is 11.8 Å². The van der Waals surface area contributed by atoms with Gasteiger partial charge >= 0.3 is 0 Å². The van der Waals surface area contributed by atoms with Gasteiger partial charge in [0.15, 0.2) is 0 Å². The summed E-state index contributed by atoms with van der Waals surface area (Å²) in [5, 5.41) is 10.4. The zero-order valence-electron chi connectivity index (χ0n) is 17.8. The van der Waals surface area contributed by atoms with Gasteiger partial charge in [-0.1, -0.05) is 13.8 Å². The van der Waals surface area contributed by atoms with Crippen LogP contribution < -0.4 is 4.90 Å². The van der Waals surface area contributed by atoms with Gasteiger partial charge in [-0.3, -0.25) is 4.57 Å². The second-order valence-electron chi connectivity index (χ2n) is 8.54. The zero-order chi connectivity index (χ0) is 21.6. The average Bonchev–Trinajstić information content (AvgIpc) is 3.02. The van der Waals surface area contributed by atoms with E-state index < -0.39 is 0 Å². The Hall–Kier alpha value is -1.84. The second kappa shape index (κ2) is 8.36. The largest absolute Gasteiger partial charge is 0.371 e. The van der Waals surface area contributed by atoms with Crippen molar-refractivity contribution in [3.05, 3.63) is 50.2 Å². The van der Waals surface area contributed by atoms with Crippen molar-refractivity contribution >= 4 is 48.6 Å². The summed E-state index contributed by atoms with van der Waals surface area (Å²) in [5.41, 5.74) is 6.78. The molecule has 0 bridgehead atoms. The SMILES string of the molecule is Cc1cc(N2CCC(C#N)CC2)c2c(C)cn(-c3c(Br)cc(C(C)C)cc3Br)c2n1. The molecule has 1 fully saturated rings. The van der Waals surface area contributed by atoms with Crippen molar-refractivity contribution in [1.29, 1.82) is 5.26 Å². The molecule has 2 aromatic heterocycles. The number of fused-ring (bicyclic) bond motifs is 1. The molecule has 1 aliphatic heterocycles. The smallest absolute Gasteiger partial charge is 0.147 e. The van der Waals surface area contributed by atoms with E-state index in [4.69, 9.17) is 4.98 Å². The molecular weight excluding hydrogens is 504 g/mol. The van der Waals surface area contributed by atoms with Gasteiger partial charge in [0.25, 0.3) is 0 Å². The lowest BCUT2D eigenvalue weighted by Crippen LogP contribution is -2.33. The quantitative estimate of drug-likeness (QED) is 0.365. The summed E-state index contributed by atoms with van der Waals surface area (Å²) in [7, 11) is 0. The minimum absolute atomic E-state index is 0.178. The van der Waals surface area contributed by atoms with Gasteiger partial charge in [0.1, 0.15) is 5.65 Å². The van der Waals surface area contributed by atoms with Crippen LogP contribution in [0.1, 0.15) is 49.4 Å². The van der Waals surface area contributed by atoms with Crippen LogP contribution in [0.2, 0.25) is 0 Å². The Morgan fingerprint density at radius 3 is 2.30 bits per heavy atom. The Labute approximate surface area is 195 Å². The lowest BCUT2D eigenvalue weighted by Gasteiger charge is -2.32. The highest BCUT2D eigenvalue weighted by atomic mass is 79.9. The summed E-state index contributed by atoms with van der Waals surface area (Å²) >= 11 is 7.61. The Balaban J connectivity index is 1.87. The van der Waals surface area contributed by atoms with Gasteiger partial charge in [-0.05, 0) is 93.8 Å². The number of nitrogens with zero attached hydrogens (tertiary/aromatic N) is 4. The van der Waals surface area contributed by atoms with Crippen LogP contribution in [0.3, 0.4) is 0 Å². The molecule has 30 heavy (non-hydrogen) atoms. The van der Waals surface area contributed by atoms with Crippen molar-refractivity contribution in [3.63, 3.8) is 0 Å². The summed E-state index contributed by atoms with van der Waals surface area (Å²) in [6.45, 7) is 10.5. The first-order valence-electron chi connectivity index (χ1n) is 10.4. The number of hydrogen-bond acceptors (Lipinski definition) is 3. The minimum atomic E-state index is 0.178. The van der Waals surface area contributed by atoms with E-state index in [1.807, 2.05) is 0 Å². The number of aromatic nitrogens is 2. The molecule has 0 amide bonds. The summed E-state index contributed by atoms with van der Waals surface area (Å²) in [4.78, 5) is 7.37. The molecule has 3 aromatic rings. The fourth-order valence-electron chi connectivity index (χ4n) is 4.33. The van der Waals surface area contributed by atoms with Crippen LogP contribution in [-0.4, -0.2) is 22.6 Å². The van der Waals surface area contributed by atoms with Gasteiger partial charge in [0, 0.05) is 50.9 Å². The maximum Gasteiger partial charge on any atom is 0.147 e. The molecular formula is C24H26Br2N4. The first-order chi connectivity index (χ1) is 14.3. The number of rotatable bonds is 3. The third-order valence-corrected chi connectivity index (χ3v) is 7.23. The zero-order valence-corrected chi connectivity index (χ0v) is 21.0. The van der Waals surface area contributed by atoms with Crippen LogP contribution in [0.5, 0.6) is 0 Å². The molecule has 6 heteroatoms. The molecule has 156 valence electrons. The van der Waals surface area contributed by atoms with E-state index in [-0.39, 0.29) is 5.92 Å². The molecule has 0 unspecified atom stereocenters.